The van der Waals surface area contributed by atoms with Crippen LogP contribution in [-0.2, 0) is 9.59 Å². The van der Waals surface area contributed by atoms with Crippen LogP contribution in [0.15, 0.2) is 0 Å². The van der Waals surface area contributed by atoms with Crippen molar-refractivity contribution < 1.29 is 14.4 Å². The van der Waals surface area contributed by atoms with Gasteiger partial charge in [-0.3, -0.25) is 14.5 Å². The van der Waals surface area contributed by atoms with Gasteiger partial charge in [0, 0.05) is 19.0 Å². The van der Waals surface area contributed by atoms with Crippen molar-refractivity contribution in [1.29, 1.82) is 0 Å². The Kier molecular flexibility index (Phi) is 4.58. The molecule has 4 atom stereocenters. The molecule has 6 nitrogen and oxygen atoms in total. The van der Waals surface area contributed by atoms with E-state index in [9.17, 15) is 14.4 Å². The van der Waals surface area contributed by atoms with E-state index in [1.54, 1.807) is 13.8 Å². The largest absolute Gasteiger partial charge is 0.353 e. The average molecular weight is 335 g/mol. The highest BCUT2D eigenvalue weighted by Crippen LogP contribution is 2.49. The Hall–Kier alpha value is -1.59. The standard InChI is InChI=1S/C18H29N3O3/c1-11(14-10-12-6-7-13(14)9-12)19-15(22)5-4-8-21-16(23)18(2,3)20-17(21)24/h11-14H,4-10H2,1-3H3,(H,19,22)(H,20,24). The molecule has 0 aromatic heterocycles. The monoisotopic (exact) mass is 335 g/mol. The lowest BCUT2D eigenvalue weighted by Gasteiger charge is -2.28. The molecule has 134 valence electrons. The number of amides is 4. The summed E-state index contributed by atoms with van der Waals surface area (Å²) in [5.41, 5.74) is -0.838. The molecule has 1 saturated heterocycles. The molecule has 3 fully saturated rings. The highest BCUT2D eigenvalue weighted by molar-refractivity contribution is 6.06. The van der Waals surface area contributed by atoms with E-state index in [-0.39, 0.29) is 23.9 Å². The number of fused-ring (bicyclic) bond motifs is 2. The number of nitrogens with zero attached hydrogens (tertiary/aromatic N) is 1. The Bertz CT molecular complexity index is 546. The molecule has 3 aliphatic rings. The first-order valence-corrected chi connectivity index (χ1v) is 9.21. The van der Waals surface area contributed by atoms with Crippen molar-refractivity contribution in [2.24, 2.45) is 17.8 Å². The zero-order valence-electron chi connectivity index (χ0n) is 14.9. The van der Waals surface area contributed by atoms with Crippen molar-refractivity contribution in [3.63, 3.8) is 0 Å². The van der Waals surface area contributed by atoms with Crippen LogP contribution in [0.3, 0.4) is 0 Å². The van der Waals surface area contributed by atoms with Crippen LogP contribution in [0, 0.1) is 17.8 Å². The number of carbonyl (C=O) groups excluding carboxylic acids is 3. The molecule has 1 heterocycles. The predicted molar refractivity (Wildman–Crippen MR) is 90.1 cm³/mol. The minimum Gasteiger partial charge on any atom is -0.353 e. The lowest BCUT2D eigenvalue weighted by molar-refractivity contribution is -0.130. The lowest BCUT2D eigenvalue weighted by Crippen LogP contribution is -2.41. The Morgan fingerprint density at radius 2 is 2.08 bits per heavy atom. The second kappa shape index (κ2) is 6.37. The molecule has 2 aliphatic carbocycles. The van der Waals surface area contributed by atoms with Gasteiger partial charge in [-0.25, -0.2) is 4.79 Å². The maximum absolute atomic E-state index is 12.2. The topological polar surface area (TPSA) is 78.5 Å². The number of urea groups is 1. The van der Waals surface area contributed by atoms with E-state index in [1.807, 2.05) is 0 Å². The number of nitrogens with one attached hydrogen (secondary N) is 2. The van der Waals surface area contributed by atoms with Gasteiger partial charge in [0.1, 0.15) is 5.54 Å². The SMILES string of the molecule is CC(NC(=O)CCCN1C(=O)NC(C)(C)C1=O)C1CC2CCC1C2. The summed E-state index contributed by atoms with van der Waals surface area (Å²) < 4.78 is 0. The molecule has 2 N–H and O–H groups in total. The van der Waals surface area contributed by atoms with Crippen molar-refractivity contribution in [2.75, 3.05) is 6.54 Å². The molecule has 0 aromatic carbocycles. The summed E-state index contributed by atoms with van der Waals surface area (Å²) in [5.74, 6) is 2.10. The Labute approximate surface area is 143 Å². The van der Waals surface area contributed by atoms with Gasteiger partial charge >= 0.3 is 6.03 Å². The maximum atomic E-state index is 12.2. The molecule has 4 unspecified atom stereocenters. The van der Waals surface area contributed by atoms with Crippen molar-refractivity contribution >= 4 is 17.8 Å². The third kappa shape index (κ3) is 3.28. The van der Waals surface area contributed by atoms with Gasteiger partial charge in [0.25, 0.3) is 5.91 Å². The van der Waals surface area contributed by atoms with E-state index in [4.69, 9.17) is 0 Å². The third-order valence-electron chi connectivity index (χ3n) is 6.05. The first-order valence-electron chi connectivity index (χ1n) is 9.21. The zero-order valence-corrected chi connectivity index (χ0v) is 14.9. The van der Waals surface area contributed by atoms with E-state index in [0.717, 1.165) is 11.8 Å². The second-order valence-corrected chi connectivity index (χ2v) is 8.31. The molecule has 0 aromatic rings. The Morgan fingerprint density at radius 1 is 1.33 bits per heavy atom. The van der Waals surface area contributed by atoms with Crippen molar-refractivity contribution in [3.05, 3.63) is 0 Å². The Balaban J connectivity index is 1.40. The quantitative estimate of drug-likeness (QED) is 0.729. The number of rotatable bonds is 6. The summed E-state index contributed by atoms with van der Waals surface area (Å²) in [5, 5.41) is 5.78. The number of carbonyl (C=O) groups is 3. The molecule has 1 aliphatic heterocycles. The van der Waals surface area contributed by atoms with Crippen molar-refractivity contribution in [2.45, 2.75) is 70.9 Å². The summed E-state index contributed by atoms with van der Waals surface area (Å²) in [7, 11) is 0. The molecular formula is C18H29N3O3. The van der Waals surface area contributed by atoms with Crippen LogP contribution in [0.4, 0.5) is 4.79 Å². The molecule has 3 rings (SSSR count). The van der Waals surface area contributed by atoms with Crippen LogP contribution in [0.2, 0.25) is 0 Å². The van der Waals surface area contributed by atoms with Crippen LogP contribution >= 0.6 is 0 Å². The highest BCUT2D eigenvalue weighted by Gasteiger charge is 2.44. The van der Waals surface area contributed by atoms with Gasteiger partial charge in [-0.2, -0.15) is 0 Å². The van der Waals surface area contributed by atoms with E-state index in [1.165, 1.54) is 30.6 Å². The second-order valence-electron chi connectivity index (χ2n) is 8.31. The molecular weight excluding hydrogens is 306 g/mol. The van der Waals surface area contributed by atoms with Crippen LogP contribution in [0.25, 0.3) is 0 Å². The van der Waals surface area contributed by atoms with E-state index < -0.39 is 5.54 Å². The molecule has 0 radical (unpaired) electrons. The van der Waals surface area contributed by atoms with E-state index in [0.29, 0.717) is 25.3 Å². The van der Waals surface area contributed by atoms with Crippen LogP contribution in [0.1, 0.15) is 59.3 Å². The lowest BCUT2D eigenvalue weighted by atomic mass is 9.84. The maximum Gasteiger partial charge on any atom is 0.325 e. The summed E-state index contributed by atoms with van der Waals surface area (Å²) >= 11 is 0. The van der Waals surface area contributed by atoms with Crippen LogP contribution in [-0.4, -0.2) is 40.9 Å². The third-order valence-corrected chi connectivity index (χ3v) is 6.05. The average Bonchev–Trinajstić information content (AvgIpc) is 3.17. The number of imide groups is 1. The molecule has 6 heteroatoms. The predicted octanol–water partition coefficient (Wildman–Crippen LogP) is 2.04. The van der Waals surface area contributed by atoms with Gasteiger partial charge in [-0.1, -0.05) is 6.42 Å². The van der Waals surface area contributed by atoms with Crippen molar-refractivity contribution in [3.8, 4) is 0 Å². The van der Waals surface area contributed by atoms with E-state index >= 15 is 0 Å². The van der Waals surface area contributed by atoms with Gasteiger partial charge in [0.05, 0.1) is 0 Å². The van der Waals surface area contributed by atoms with Gasteiger partial charge in [-0.15, -0.1) is 0 Å². The molecule has 2 saturated carbocycles. The first kappa shape index (κ1) is 17.2. The number of hydrogen-bond donors (Lipinski definition) is 2. The molecule has 2 bridgehead atoms. The van der Waals surface area contributed by atoms with Gasteiger partial charge < -0.3 is 10.6 Å². The fourth-order valence-corrected chi connectivity index (χ4v) is 4.76. The minimum atomic E-state index is -0.838. The van der Waals surface area contributed by atoms with Crippen LogP contribution in [0.5, 0.6) is 0 Å². The fraction of sp³-hybridized carbons (Fsp3) is 0.833. The molecule has 24 heavy (non-hydrogen) atoms. The number of hydrogen-bond acceptors (Lipinski definition) is 3. The van der Waals surface area contributed by atoms with Gasteiger partial charge in [0.15, 0.2) is 0 Å². The van der Waals surface area contributed by atoms with Crippen molar-refractivity contribution in [1.82, 2.24) is 15.5 Å². The summed E-state index contributed by atoms with van der Waals surface area (Å²) in [4.78, 5) is 37.3. The summed E-state index contributed by atoms with van der Waals surface area (Å²) in [6.07, 6.45) is 6.13. The summed E-state index contributed by atoms with van der Waals surface area (Å²) in [6.45, 7) is 5.79. The zero-order chi connectivity index (χ0) is 17.5. The smallest absolute Gasteiger partial charge is 0.325 e. The minimum absolute atomic E-state index is 0.0246. The van der Waals surface area contributed by atoms with E-state index in [2.05, 4.69) is 17.6 Å². The normalized spacial score (nSPS) is 32.1. The Morgan fingerprint density at radius 3 is 2.62 bits per heavy atom. The van der Waals surface area contributed by atoms with Gasteiger partial charge in [-0.05, 0) is 64.2 Å². The fourth-order valence-electron chi connectivity index (χ4n) is 4.76. The highest BCUT2D eigenvalue weighted by atomic mass is 16.2. The first-order chi connectivity index (χ1) is 11.3. The summed E-state index contributed by atoms with van der Waals surface area (Å²) in [6, 6.07) is -0.135. The van der Waals surface area contributed by atoms with Gasteiger partial charge in [0.2, 0.25) is 5.91 Å². The molecule has 4 amide bonds. The van der Waals surface area contributed by atoms with Crippen LogP contribution < -0.4 is 10.6 Å². The molecule has 0 spiro atoms.